The highest BCUT2D eigenvalue weighted by Gasteiger charge is 2.17. The van der Waals surface area contributed by atoms with Crippen molar-refractivity contribution >= 4 is 28.4 Å². The molecule has 0 aliphatic carbocycles. The van der Waals surface area contributed by atoms with E-state index in [9.17, 15) is 4.79 Å². The first-order valence-corrected chi connectivity index (χ1v) is 9.12. The summed E-state index contributed by atoms with van der Waals surface area (Å²) >= 11 is 1.47. The van der Waals surface area contributed by atoms with Crippen LogP contribution in [0.1, 0.15) is 17.3 Å². The summed E-state index contributed by atoms with van der Waals surface area (Å²) in [5, 5.41) is 9.83. The van der Waals surface area contributed by atoms with Crippen LogP contribution in [0, 0.1) is 13.8 Å². The van der Waals surface area contributed by atoms with Gasteiger partial charge < -0.3 is 4.42 Å². The Labute approximate surface area is 153 Å². The standard InChI is InChI=1S/C18H17N5O2S/c1-4-9-22-16(24)13-7-5-6-8-14(13)23-17(22)20-21-18(23)26-10-15-19-11(2)12(3)25-15/h4-8H,1,9-10H2,2-3H3. The highest BCUT2D eigenvalue weighted by atomic mass is 32.2. The number of rotatable bonds is 5. The van der Waals surface area contributed by atoms with E-state index >= 15 is 0 Å². The molecule has 0 atom stereocenters. The number of benzene rings is 1. The molecule has 1 aromatic carbocycles. The quantitative estimate of drug-likeness (QED) is 0.398. The van der Waals surface area contributed by atoms with Crippen molar-refractivity contribution in [3.63, 3.8) is 0 Å². The van der Waals surface area contributed by atoms with Gasteiger partial charge in [0, 0.05) is 6.54 Å². The van der Waals surface area contributed by atoms with Crippen molar-refractivity contribution in [1.29, 1.82) is 0 Å². The molecule has 132 valence electrons. The average Bonchev–Trinajstić information content (AvgIpc) is 3.20. The van der Waals surface area contributed by atoms with E-state index in [1.54, 1.807) is 10.6 Å². The fourth-order valence-electron chi connectivity index (χ4n) is 2.85. The van der Waals surface area contributed by atoms with Crippen LogP contribution in [0.25, 0.3) is 16.7 Å². The summed E-state index contributed by atoms with van der Waals surface area (Å²) in [4.78, 5) is 17.2. The van der Waals surface area contributed by atoms with Crippen LogP contribution in [0.15, 0.2) is 51.3 Å². The fourth-order valence-corrected chi connectivity index (χ4v) is 3.63. The molecule has 0 spiro atoms. The van der Waals surface area contributed by atoms with Gasteiger partial charge in [-0.15, -0.1) is 16.8 Å². The van der Waals surface area contributed by atoms with Crippen molar-refractivity contribution in [2.75, 3.05) is 0 Å². The van der Waals surface area contributed by atoms with E-state index in [1.165, 1.54) is 11.8 Å². The molecule has 0 radical (unpaired) electrons. The summed E-state index contributed by atoms with van der Waals surface area (Å²) in [5.41, 5.74) is 1.56. The number of oxazole rings is 1. The fraction of sp³-hybridized carbons (Fsp3) is 0.222. The Bertz CT molecular complexity index is 1170. The second kappa shape index (κ2) is 6.45. The van der Waals surface area contributed by atoms with Crippen LogP contribution in [-0.2, 0) is 12.3 Å². The van der Waals surface area contributed by atoms with Crippen LogP contribution >= 0.6 is 11.8 Å². The second-order valence-electron chi connectivity index (χ2n) is 5.88. The Hall–Kier alpha value is -2.87. The maximum absolute atomic E-state index is 12.8. The third kappa shape index (κ3) is 2.62. The van der Waals surface area contributed by atoms with Gasteiger partial charge in [0.25, 0.3) is 5.56 Å². The summed E-state index contributed by atoms with van der Waals surface area (Å²) in [5.74, 6) is 2.49. The van der Waals surface area contributed by atoms with E-state index in [-0.39, 0.29) is 5.56 Å². The molecule has 3 aromatic heterocycles. The van der Waals surface area contributed by atoms with Gasteiger partial charge in [-0.05, 0) is 26.0 Å². The summed E-state index contributed by atoms with van der Waals surface area (Å²) in [6.07, 6.45) is 1.68. The third-order valence-electron chi connectivity index (χ3n) is 4.19. The zero-order valence-electron chi connectivity index (χ0n) is 14.5. The van der Waals surface area contributed by atoms with Gasteiger partial charge in [0.15, 0.2) is 5.16 Å². The van der Waals surface area contributed by atoms with Crippen LogP contribution in [0.3, 0.4) is 0 Å². The second-order valence-corrected chi connectivity index (χ2v) is 6.82. The lowest BCUT2D eigenvalue weighted by Gasteiger charge is -2.09. The predicted octanol–water partition coefficient (Wildman–Crippen LogP) is 3.13. The lowest BCUT2D eigenvalue weighted by molar-refractivity contribution is 0.489. The van der Waals surface area contributed by atoms with Crippen molar-refractivity contribution in [2.24, 2.45) is 0 Å². The number of aromatic nitrogens is 5. The largest absolute Gasteiger partial charge is 0.445 e. The minimum Gasteiger partial charge on any atom is -0.445 e. The first-order chi connectivity index (χ1) is 12.6. The molecule has 4 aromatic rings. The first-order valence-electron chi connectivity index (χ1n) is 8.13. The van der Waals surface area contributed by atoms with Crippen molar-refractivity contribution in [2.45, 2.75) is 31.3 Å². The van der Waals surface area contributed by atoms with Crippen molar-refractivity contribution in [1.82, 2.24) is 24.1 Å². The highest BCUT2D eigenvalue weighted by Crippen LogP contribution is 2.25. The van der Waals surface area contributed by atoms with Crippen LogP contribution in [0.5, 0.6) is 0 Å². The van der Waals surface area contributed by atoms with Gasteiger partial charge in [-0.2, -0.15) is 0 Å². The molecule has 0 saturated carbocycles. The Balaban J connectivity index is 1.85. The van der Waals surface area contributed by atoms with Crippen LogP contribution in [0.4, 0.5) is 0 Å². The van der Waals surface area contributed by atoms with Gasteiger partial charge in [-0.25, -0.2) is 4.98 Å². The maximum Gasteiger partial charge on any atom is 0.263 e. The van der Waals surface area contributed by atoms with Gasteiger partial charge in [0.1, 0.15) is 5.76 Å². The van der Waals surface area contributed by atoms with Crippen molar-refractivity contribution < 1.29 is 4.42 Å². The van der Waals surface area contributed by atoms with Crippen LogP contribution in [-0.4, -0.2) is 24.1 Å². The molecule has 0 saturated heterocycles. The van der Waals surface area contributed by atoms with Crippen molar-refractivity contribution in [3.8, 4) is 0 Å². The molecule has 0 fully saturated rings. The summed E-state index contributed by atoms with van der Waals surface area (Å²) < 4.78 is 9.11. The highest BCUT2D eigenvalue weighted by molar-refractivity contribution is 7.98. The van der Waals surface area contributed by atoms with Gasteiger partial charge in [0.2, 0.25) is 11.7 Å². The molecule has 0 unspecified atom stereocenters. The Morgan fingerprint density at radius 2 is 2.08 bits per heavy atom. The molecule has 0 aliphatic heterocycles. The molecule has 26 heavy (non-hydrogen) atoms. The molecule has 4 rings (SSSR count). The number of aryl methyl sites for hydroxylation is 2. The van der Waals surface area contributed by atoms with E-state index in [1.807, 2.05) is 42.5 Å². The maximum atomic E-state index is 12.8. The number of fused-ring (bicyclic) bond motifs is 3. The minimum atomic E-state index is -0.101. The van der Waals surface area contributed by atoms with E-state index < -0.39 is 0 Å². The van der Waals surface area contributed by atoms with E-state index in [0.29, 0.717) is 34.5 Å². The zero-order valence-corrected chi connectivity index (χ0v) is 15.3. The lowest BCUT2D eigenvalue weighted by atomic mass is 10.2. The predicted molar refractivity (Wildman–Crippen MR) is 100 cm³/mol. The third-order valence-corrected chi connectivity index (χ3v) is 5.10. The van der Waals surface area contributed by atoms with E-state index in [0.717, 1.165) is 17.0 Å². The summed E-state index contributed by atoms with van der Waals surface area (Å²) in [6, 6.07) is 7.46. The Morgan fingerprint density at radius 3 is 2.81 bits per heavy atom. The van der Waals surface area contributed by atoms with Gasteiger partial charge in [0.05, 0.1) is 22.3 Å². The molecule has 0 amide bonds. The van der Waals surface area contributed by atoms with Gasteiger partial charge >= 0.3 is 0 Å². The Kier molecular flexibility index (Phi) is 4.12. The van der Waals surface area contributed by atoms with E-state index in [2.05, 4.69) is 21.8 Å². The molecule has 7 nitrogen and oxygen atoms in total. The monoisotopic (exact) mass is 367 g/mol. The topological polar surface area (TPSA) is 78.2 Å². The Morgan fingerprint density at radius 1 is 1.27 bits per heavy atom. The number of hydrogen-bond acceptors (Lipinski definition) is 6. The molecule has 3 heterocycles. The smallest absolute Gasteiger partial charge is 0.263 e. The minimum absolute atomic E-state index is 0.101. The summed E-state index contributed by atoms with van der Waals surface area (Å²) in [6.45, 7) is 7.91. The molecule has 0 bridgehead atoms. The number of allylic oxidation sites excluding steroid dienone is 1. The SMILES string of the molecule is C=CCn1c(=O)c2ccccc2n2c(SCc3nc(C)c(C)o3)nnc12. The number of thioether (sulfide) groups is 1. The normalized spacial score (nSPS) is 11.5. The summed E-state index contributed by atoms with van der Waals surface area (Å²) in [7, 11) is 0. The average molecular weight is 367 g/mol. The molecular formula is C18H17N5O2S. The number of nitrogens with zero attached hydrogens (tertiary/aromatic N) is 5. The molecular weight excluding hydrogens is 350 g/mol. The molecule has 0 aliphatic rings. The first kappa shape index (κ1) is 16.6. The van der Waals surface area contributed by atoms with Crippen LogP contribution < -0.4 is 5.56 Å². The molecule has 0 N–H and O–H groups in total. The van der Waals surface area contributed by atoms with Crippen LogP contribution in [0.2, 0.25) is 0 Å². The van der Waals surface area contributed by atoms with Gasteiger partial charge in [-0.1, -0.05) is 30.0 Å². The number of hydrogen-bond donors (Lipinski definition) is 0. The number of para-hydroxylation sites is 1. The van der Waals surface area contributed by atoms with Crippen molar-refractivity contribution in [3.05, 3.63) is 64.6 Å². The molecule has 8 heteroatoms. The van der Waals surface area contributed by atoms with Gasteiger partial charge in [-0.3, -0.25) is 13.8 Å². The lowest BCUT2D eigenvalue weighted by Crippen LogP contribution is -2.22. The zero-order chi connectivity index (χ0) is 18.3. The van der Waals surface area contributed by atoms with E-state index in [4.69, 9.17) is 4.42 Å².